The van der Waals surface area contributed by atoms with Crippen LogP contribution in [-0.2, 0) is 4.74 Å². The Morgan fingerprint density at radius 3 is 2.94 bits per heavy atom. The standard InChI is InChI=1S/C12H22N2OS/c1-7-15-12(2-8-16-10-12)9-11(1)14-5-3-13-4-6-14/h11,13H,1-10H2. The van der Waals surface area contributed by atoms with Gasteiger partial charge in [0.15, 0.2) is 0 Å². The molecule has 3 fully saturated rings. The van der Waals surface area contributed by atoms with E-state index < -0.39 is 0 Å². The maximum atomic E-state index is 6.08. The predicted octanol–water partition coefficient (Wildman–Crippen LogP) is 0.946. The van der Waals surface area contributed by atoms with Crippen molar-refractivity contribution in [3.63, 3.8) is 0 Å². The SMILES string of the molecule is C1CN(C2CCOC3(CCSC3)C2)CCN1. The van der Waals surface area contributed by atoms with Crippen molar-refractivity contribution >= 4 is 11.8 Å². The van der Waals surface area contributed by atoms with Gasteiger partial charge in [0.2, 0.25) is 0 Å². The first kappa shape index (κ1) is 11.3. The van der Waals surface area contributed by atoms with Gasteiger partial charge in [0, 0.05) is 44.6 Å². The molecule has 0 radical (unpaired) electrons. The van der Waals surface area contributed by atoms with E-state index >= 15 is 0 Å². The number of ether oxygens (including phenoxy) is 1. The van der Waals surface area contributed by atoms with Gasteiger partial charge in [-0.05, 0) is 25.0 Å². The number of hydrogen-bond acceptors (Lipinski definition) is 4. The first-order valence-electron chi connectivity index (χ1n) is 6.55. The third-order valence-corrected chi connectivity index (χ3v) is 5.43. The van der Waals surface area contributed by atoms with Crippen LogP contribution in [0.25, 0.3) is 0 Å². The Kier molecular flexibility index (Phi) is 3.43. The van der Waals surface area contributed by atoms with E-state index in [1.807, 2.05) is 0 Å². The van der Waals surface area contributed by atoms with E-state index in [0.29, 0.717) is 0 Å². The van der Waals surface area contributed by atoms with Gasteiger partial charge >= 0.3 is 0 Å². The van der Waals surface area contributed by atoms with Gasteiger partial charge in [-0.15, -0.1) is 0 Å². The van der Waals surface area contributed by atoms with Gasteiger partial charge in [0.1, 0.15) is 0 Å². The lowest BCUT2D eigenvalue weighted by Gasteiger charge is -2.44. The summed E-state index contributed by atoms with van der Waals surface area (Å²) >= 11 is 2.07. The summed E-state index contributed by atoms with van der Waals surface area (Å²) in [6.45, 7) is 5.77. The lowest BCUT2D eigenvalue weighted by Crippen LogP contribution is -2.54. The molecule has 0 bridgehead atoms. The Morgan fingerprint density at radius 2 is 2.19 bits per heavy atom. The summed E-state index contributed by atoms with van der Waals surface area (Å²) in [6.07, 6.45) is 3.80. The van der Waals surface area contributed by atoms with Gasteiger partial charge < -0.3 is 10.1 Å². The summed E-state index contributed by atoms with van der Waals surface area (Å²) in [6, 6.07) is 0.787. The second kappa shape index (κ2) is 4.84. The summed E-state index contributed by atoms with van der Waals surface area (Å²) < 4.78 is 6.08. The second-order valence-electron chi connectivity index (χ2n) is 5.27. The van der Waals surface area contributed by atoms with E-state index in [-0.39, 0.29) is 5.60 Å². The zero-order valence-corrected chi connectivity index (χ0v) is 10.7. The van der Waals surface area contributed by atoms with Crippen LogP contribution in [0, 0.1) is 0 Å². The van der Waals surface area contributed by atoms with E-state index in [1.165, 1.54) is 56.9 Å². The number of thioether (sulfide) groups is 1. The average molecular weight is 242 g/mol. The third kappa shape index (κ3) is 2.26. The molecule has 1 spiro atoms. The van der Waals surface area contributed by atoms with E-state index in [1.54, 1.807) is 0 Å². The number of nitrogens with zero attached hydrogens (tertiary/aromatic N) is 1. The summed E-state index contributed by atoms with van der Waals surface area (Å²) in [4.78, 5) is 2.68. The molecular weight excluding hydrogens is 220 g/mol. The van der Waals surface area contributed by atoms with Crippen molar-refractivity contribution in [2.45, 2.75) is 30.9 Å². The Bertz CT molecular complexity index is 237. The lowest BCUT2D eigenvalue weighted by molar-refractivity contribution is -0.0906. The third-order valence-electron chi connectivity index (χ3n) is 4.20. The molecule has 0 aromatic rings. The summed E-state index contributed by atoms with van der Waals surface area (Å²) in [5.41, 5.74) is 0.248. The largest absolute Gasteiger partial charge is 0.374 e. The molecule has 3 nitrogen and oxygen atoms in total. The normalized spacial score (nSPS) is 41.6. The van der Waals surface area contributed by atoms with Crippen molar-refractivity contribution < 1.29 is 4.74 Å². The van der Waals surface area contributed by atoms with Gasteiger partial charge in [-0.25, -0.2) is 0 Å². The summed E-state index contributed by atoms with van der Waals surface area (Å²) in [5.74, 6) is 2.53. The first-order valence-corrected chi connectivity index (χ1v) is 7.70. The molecule has 92 valence electrons. The molecule has 3 saturated heterocycles. The zero-order chi connectivity index (χ0) is 10.8. The molecule has 0 saturated carbocycles. The molecule has 0 amide bonds. The fourth-order valence-electron chi connectivity index (χ4n) is 3.22. The van der Waals surface area contributed by atoms with Crippen molar-refractivity contribution in [1.82, 2.24) is 10.2 Å². The molecule has 3 heterocycles. The second-order valence-corrected chi connectivity index (χ2v) is 6.37. The van der Waals surface area contributed by atoms with Gasteiger partial charge in [-0.1, -0.05) is 0 Å². The van der Waals surface area contributed by atoms with Crippen LogP contribution in [-0.4, -0.2) is 60.8 Å². The molecular formula is C12H22N2OS. The van der Waals surface area contributed by atoms with Gasteiger partial charge in [0.05, 0.1) is 5.60 Å². The quantitative estimate of drug-likeness (QED) is 0.740. The van der Waals surface area contributed by atoms with Gasteiger partial charge in [-0.2, -0.15) is 11.8 Å². The van der Waals surface area contributed by atoms with E-state index in [4.69, 9.17) is 4.74 Å². The minimum absolute atomic E-state index is 0.248. The fraction of sp³-hybridized carbons (Fsp3) is 1.00. The Balaban J connectivity index is 1.62. The van der Waals surface area contributed by atoms with E-state index in [0.717, 1.165) is 12.6 Å². The van der Waals surface area contributed by atoms with Crippen LogP contribution < -0.4 is 5.32 Å². The molecule has 16 heavy (non-hydrogen) atoms. The molecule has 0 aromatic carbocycles. The van der Waals surface area contributed by atoms with Gasteiger partial charge in [-0.3, -0.25) is 4.90 Å². The molecule has 2 unspecified atom stereocenters. The molecule has 1 N–H and O–H groups in total. The number of nitrogens with one attached hydrogen (secondary N) is 1. The van der Waals surface area contributed by atoms with Crippen molar-refractivity contribution in [3.05, 3.63) is 0 Å². The molecule has 3 aliphatic rings. The van der Waals surface area contributed by atoms with Crippen LogP contribution in [0.4, 0.5) is 0 Å². The highest BCUT2D eigenvalue weighted by Crippen LogP contribution is 2.39. The average Bonchev–Trinajstić information content (AvgIpc) is 2.78. The van der Waals surface area contributed by atoms with E-state index in [2.05, 4.69) is 22.0 Å². The minimum atomic E-state index is 0.248. The first-order chi connectivity index (χ1) is 7.88. The Hall–Kier alpha value is 0.230. The monoisotopic (exact) mass is 242 g/mol. The van der Waals surface area contributed by atoms with Crippen molar-refractivity contribution in [3.8, 4) is 0 Å². The van der Waals surface area contributed by atoms with Crippen molar-refractivity contribution in [2.75, 3.05) is 44.3 Å². The topological polar surface area (TPSA) is 24.5 Å². The van der Waals surface area contributed by atoms with E-state index in [9.17, 15) is 0 Å². The fourth-order valence-corrected chi connectivity index (χ4v) is 4.60. The van der Waals surface area contributed by atoms with Gasteiger partial charge in [0.25, 0.3) is 0 Å². The Morgan fingerprint density at radius 1 is 1.31 bits per heavy atom. The van der Waals surface area contributed by atoms with Crippen LogP contribution in [0.1, 0.15) is 19.3 Å². The van der Waals surface area contributed by atoms with Crippen LogP contribution in [0.3, 0.4) is 0 Å². The number of rotatable bonds is 1. The zero-order valence-electron chi connectivity index (χ0n) is 9.91. The van der Waals surface area contributed by atoms with Crippen molar-refractivity contribution in [1.29, 1.82) is 0 Å². The minimum Gasteiger partial charge on any atom is -0.374 e. The van der Waals surface area contributed by atoms with Crippen LogP contribution in [0.5, 0.6) is 0 Å². The highest BCUT2D eigenvalue weighted by molar-refractivity contribution is 7.99. The molecule has 0 aromatic heterocycles. The predicted molar refractivity (Wildman–Crippen MR) is 68.1 cm³/mol. The highest BCUT2D eigenvalue weighted by atomic mass is 32.2. The summed E-state index contributed by atoms with van der Waals surface area (Å²) in [7, 11) is 0. The van der Waals surface area contributed by atoms with Crippen LogP contribution >= 0.6 is 11.8 Å². The molecule has 3 aliphatic heterocycles. The number of hydrogen-bond donors (Lipinski definition) is 1. The maximum Gasteiger partial charge on any atom is 0.0795 e. The lowest BCUT2D eigenvalue weighted by atomic mass is 9.89. The number of piperazine rings is 1. The Labute approximate surface area is 102 Å². The van der Waals surface area contributed by atoms with Crippen LogP contribution in [0.2, 0.25) is 0 Å². The smallest absolute Gasteiger partial charge is 0.0795 e. The van der Waals surface area contributed by atoms with Crippen LogP contribution in [0.15, 0.2) is 0 Å². The van der Waals surface area contributed by atoms with Crippen molar-refractivity contribution in [2.24, 2.45) is 0 Å². The summed E-state index contributed by atoms with van der Waals surface area (Å²) in [5, 5.41) is 3.44. The molecule has 3 rings (SSSR count). The highest BCUT2D eigenvalue weighted by Gasteiger charge is 2.41. The molecule has 2 atom stereocenters. The maximum absolute atomic E-state index is 6.08. The molecule has 4 heteroatoms. The molecule has 0 aliphatic carbocycles.